The van der Waals surface area contributed by atoms with Crippen molar-refractivity contribution in [1.29, 1.82) is 0 Å². The smallest absolute Gasteiger partial charge is 0.341 e. The Kier molecular flexibility index (Phi) is 7.11. The average molecular weight is 559 g/mol. The number of nitrogens with zero attached hydrogens (tertiary/aromatic N) is 1. The number of nitrogens with one attached hydrogen (secondary N) is 1. The summed E-state index contributed by atoms with van der Waals surface area (Å²) in [6, 6.07) is 24.8. The first-order valence-corrected chi connectivity index (χ1v) is 13.3. The molecule has 1 N–H and O–H groups in total. The van der Waals surface area contributed by atoms with Crippen LogP contribution in [0, 0.1) is 0 Å². The molecule has 2 aromatic heterocycles. The van der Waals surface area contributed by atoms with Gasteiger partial charge in [-0.3, -0.25) is 4.79 Å². The average Bonchev–Trinajstić information content (AvgIpc) is 3.26. The number of para-hydroxylation sites is 1. The van der Waals surface area contributed by atoms with E-state index in [-0.39, 0.29) is 5.91 Å². The van der Waals surface area contributed by atoms with E-state index in [1.807, 2.05) is 79.7 Å². The molecule has 0 aliphatic heterocycles. The highest BCUT2D eigenvalue weighted by Gasteiger charge is 2.23. The molecule has 0 saturated carbocycles. The van der Waals surface area contributed by atoms with E-state index in [0.29, 0.717) is 28.4 Å². The minimum Gasteiger partial charge on any atom is -0.462 e. The van der Waals surface area contributed by atoms with Gasteiger partial charge >= 0.3 is 5.97 Å². The number of benzene rings is 3. The molecule has 5 rings (SSSR count). The molecule has 0 unspecified atom stereocenters. The quantitative estimate of drug-likeness (QED) is 0.162. The van der Waals surface area contributed by atoms with Crippen molar-refractivity contribution in [3.63, 3.8) is 0 Å². The highest BCUT2D eigenvalue weighted by molar-refractivity contribution is 9.10. The van der Waals surface area contributed by atoms with Crippen molar-refractivity contribution >= 4 is 65.1 Å². The number of anilines is 1. The fourth-order valence-corrected chi connectivity index (χ4v) is 5.37. The standard InChI is InChI=1S/C29H23BrN2O3S/c1-2-3-16-35-29(34)26-21-9-5-7-11-25(21)36-28(26)32-27(33)22-17-24(18-12-14-19(30)15-13-18)31-23-10-6-4-8-20(22)23/h4-15,17H,2-3,16H2,1H3,(H,32,33). The van der Waals surface area contributed by atoms with Gasteiger partial charge in [-0.2, -0.15) is 0 Å². The van der Waals surface area contributed by atoms with Gasteiger partial charge in [0.25, 0.3) is 5.91 Å². The van der Waals surface area contributed by atoms with Crippen molar-refractivity contribution in [2.24, 2.45) is 0 Å². The molecular formula is C29H23BrN2O3S. The van der Waals surface area contributed by atoms with Crippen LogP contribution in [0.3, 0.4) is 0 Å². The molecular weight excluding hydrogens is 536 g/mol. The highest BCUT2D eigenvalue weighted by atomic mass is 79.9. The van der Waals surface area contributed by atoms with Gasteiger partial charge in [0.1, 0.15) is 10.6 Å². The molecule has 7 heteroatoms. The van der Waals surface area contributed by atoms with E-state index < -0.39 is 5.97 Å². The Labute approximate surface area is 221 Å². The Morgan fingerprint density at radius 3 is 2.47 bits per heavy atom. The Hall–Kier alpha value is -3.55. The molecule has 0 aliphatic carbocycles. The van der Waals surface area contributed by atoms with Crippen LogP contribution in [0.25, 0.3) is 32.2 Å². The van der Waals surface area contributed by atoms with Crippen molar-refractivity contribution in [2.75, 3.05) is 11.9 Å². The second-order valence-electron chi connectivity index (χ2n) is 8.33. The summed E-state index contributed by atoms with van der Waals surface area (Å²) in [6.45, 7) is 2.39. The highest BCUT2D eigenvalue weighted by Crippen LogP contribution is 2.37. The molecule has 0 aliphatic rings. The summed E-state index contributed by atoms with van der Waals surface area (Å²) in [5.41, 5.74) is 3.20. The number of carbonyl (C=O) groups excluding carboxylic acids is 2. The molecule has 2 heterocycles. The number of unbranched alkanes of at least 4 members (excludes halogenated alkanes) is 1. The Bertz CT molecular complexity index is 1580. The van der Waals surface area contributed by atoms with Gasteiger partial charge in [-0.25, -0.2) is 9.78 Å². The summed E-state index contributed by atoms with van der Waals surface area (Å²) in [6.07, 6.45) is 1.72. The van der Waals surface area contributed by atoms with Crippen molar-refractivity contribution in [1.82, 2.24) is 4.98 Å². The van der Waals surface area contributed by atoms with E-state index in [0.717, 1.165) is 43.9 Å². The number of fused-ring (bicyclic) bond motifs is 2. The minimum absolute atomic E-state index is 0.305. The number of pyridine rings is 1. The summed E-state index contributed by atoms with van der Waals surface area (Å²) < 4.78 is 7.40. The monoisotopic (exact) mass is 558 g/mol. The maximum absolute atomic E-state index is 13.7. The summed E-state index contributed by atoms with van der Waals surface area (Å²) in [7, 11) is 0. The first-order chi connectivity index (χ1) is 17.5. The van der Waals surface area contributed by atoms with Crippen LogP contribution < -0.4 is 5.32 Å². The number of halogens is 1. The molecule has 0 saturated heterocycles. The molecule has 0 radical (unpaired) electrons. The van der Waals surface area contributed by atoms with E-state index in [1.165, 1.54) is 11.3 Å². The second kappa shape index (κ2) is 10.6. The number of aromatic nitrogens is 1. The van der Waals surface area contributed by atoms with E-state index in [9.17, 15) is 9.59 Å². The van der Waals surface area contributed by atoms with Crippen LogP contribution in [0.4, 0.5) is 5.00 Å². The number of amides is 1. The lowest BCUT2D eigenvalue weighted by atomic mass is 10.0. The SMILES string of the molecule is CCCCOC(=O)c1c(NC(=O)c2cc(-c3ccc(Br)cc3)nc3ccccc23)sc2ccccc12. The summed E-state index contributed by atoms with van der Waals surface area (Å²) >= 11 is 4.83. The normalized spacial score (nSPS) is 11.1. The van der Waals surface area contributed by atoms with Gasteiger partial charge in [-0.05, 0) is 36.8 Å². The van der Waals surface area contributed by atoms with Crippen LogP contribution in [0.2, 0.25) is 0 Å². The number of hydrogen-bond acceptors (Lipinski definition) is 5. The molecule has 0 bridgehead atoms. The lowest BCUT2D eigenvalue weighted by molar-refractivity contribution is 0.0503. The number of hydrogen-bond donors (Lipinski definition) is 1. The second-order valence-corrected chi connectivity index (χ2v) is 10.3. The zero-order chi connectivity index (χ0) is 25.1. The largest absolute Gasteiger partial charge is 0.462 e. The molecule has 36 heavy (non-hydrogen) atoms. The third kappa shape index (κ3) is 4.90. The maximum atomic E-state index is 13.7. The number of ether oxygens (including phenoxy) is 1. The van der Waals surface area contributed by atoms with Gasteiger partial charge in [0.15, 0.2) is 0 Å². The predicted octanol–water partition coefficient (Wildman–Crippen LogP) is 8.09. The topological polar surface area (TPSA) is 68.3 Å². The lowest BCUT2D eigenvalue weighted by Crippen LogP contribution is -2.15. The molecule has 1 amide bonds. The lowest BCUT2D eigenvalue weighted by Gasteiger charge is -2.11. The summed E-state index contributed by atoms with van der Waals surface area (Å²) in [4.78, 5) is 31.5. The molecule has 0 fully saturated rings. The summed E-state index contributed by atoms with van der Waals surface area (Å²) in [5, 5.41) is 5.00. The maximum Gasteiger partial charge on any atom is 0.341 e. The zero-order valence-electron chi connectivity index (χ0n) is 19.6. The Morgan fingerprint density at radius 2 is 1.69 bits per heavy atom. The van der Waals surface area contributed by atoms with Crippen LogP contribution in [0.1, 0.15) is 40.5 Å². The molecule has 5 aromatic rings. The van der Waals surface area contributed by atoms with E-state index in [1.54, 1.807) is 6.07 Å². The molecule has 3 aromatic carbocycles. The number of esters is 1. The first-order valence-electron chi connectivity index (χ1n) is 11.7. The summed E-state index contributed by atoms with van der Waals surface area (Å²) in [5.74, 6) is -0.729. The molecule has 0 atom stereocenters. The molecule has 5 nitrogen and oxygen atoms in total. The fourth-order valence-electron chi connectivity index (χ4n) is 4.02. The van der Waals surface area contributed by atoms with Crippen LogP contribution in [-0.2, 0) is 4.74 Å². The predicted molar refractivity (Wildman–Crippen MR) is 150 cm³/mol. The van der Waals surface area contributed by atoms with Gasteiger partial charge in [-0.15, -0.1) is 11.3 Å². The number of rotatable bonds is 7. The zero-order valence-corrected chi connectivity index (χ0v) is 22.0. The van der Waals surface area contributed by atoms with E-state index in [2.05, 4.69) is 21.2 Å². The fraction of sp³-hybridized carbons (Fsp3) is 0.138. The van der Waals surface area contributed by atoms with Gasteiger partial charge in [0.2, 0.25) is 0 Å². The molecule has 0 spiro atoms. The van der Waals surface area contributed by atoms with Gasteiger partial charge in [0, 0.05) is 25.5 Å². The van der Waals surface area contributed by atoms with E-state index in [4.69, 9.17) is 9.72 Å². The van der Waals surface area contributed by atoms with Crippen LogP contribution in [0.15, 0.2) is 83.3 Å². The van der Waals surface area contributed by atoms with Crippen molar-refractivity contribution in [3.05, 3.63) is 94.5 Å². The van der Waals surface area contributed by atoms with E-state index >= 15 is 0 Å². The van der Waals surface area contributed by atoms with Crippen LogP contribution in [-0.4, -0.2) is 23.5 Å². The minimum atomic E-state index is -0.425. The van der Waals surface area contributed by atoms with Gasteiger partial charge < -0.3 is 10.1 Å². The Morgan fingerprint density at radius 1 is 0.972 bits per heavy atom. The third-order valence-electron chi connectivity index (χ3n) is 5.86. The van der Waals surface area contributed by atoms with Gasteiger partial charge in [-0.1, -0.05) is 77.8 Å². The van der Waals surface area contributed by atoms with Crippen molar-refractivity contribution < 1.29 is 14.3 Å². The van der Waals surface area contributed by atoms with Crippen molar-refractivity contribution in [2.45, 2.75) is 19.8 Å². The number of carbonyl (C=O) groups is 2. The Balaban J connectivity index is 1.56. The first kappa shape index (κ1) is 24.2. The van der Waals surface area contributed by atoms with Crippen LogP contribution >= 0.6 is 27.3 Å². The third-order valence-corrected chi connectivity index (χ3v) is 7.47. The molecule has 180 valence electrons. The number of thiophene rings is 1. The van der Waals surface area contributed by atoms with Crippen LogP contribution in [0.5, 0.6) is 0 Å². The van der Waals surface area contributed by atoms with Crippen molar-refractivity contribution in [3.8, 4) is 11.3 Å². The van der Waals surface area contributed by atoms with Gasteiger partial charge in [0.05, 0.1) is 23.4 Å².